The maximum Gasteiger partial charge on any atom is 0.148 e. The molecule has 1 atom stereocenters. The molecule has 0 spiro atoms. The van der Waals surface area contributed by atoms with Gasteiger partial charge in [-0.05, 0) is 31.2 Å². The molecule has 1 aromatic carbocycles. The molecule has 0 saturated heterocycles. The molecule has 78 valence electrons. The average Bonchev–Trinajstić information content (AvgIpc) is 2.63. The molecule has 1 N–H and O–H groups in total. The summed E-state index contributed by atoms with van der Waals surface area (Å²) < 4.78 is 0. The second-order valence-corrected chi connectivity index (χ2v) is 4.69. The lowest BCUT2D eigenvalue weighted by Gasteiger charge is -2.07. The molecule has 0 amide bonds. The Morgan fingerprint density at radius 2 is 2.13 bits per heavy atom. The molecule has 0 unspecified atom stereocenters. The molecular formula is C11H11NO2S. The van der Waals surface area contributed by atoms with E-state index in [4.69, 9.17) is 5.11 Å². The maximum absolute atomic E-state index is 10.8. The molecule has 0 aliphatic carbocycles. The van der Waals surface area contributed by atoms with Gasteiger partial charge >= 0.3 is 0 Å². The first-order valence-electron chi connectivity index (χ1n) is 4.61. The SMILES string of the molecule is C[C@@]1(C=O)CSC(c2ccc(O)cc2)=N1. The highest BCUT2D eigenvalue weighted by molar-refractivity contribution is 8.14. The van der Waals surface area contributed by atoms with Crippen LogP contribution >= 0.6 is 11.8 Å². The molecule has 1 heterocycles. The third kappa shape index (κ3) is 2.04. The van der Waals surface area contributed by atoms with Gasteiger partial charge in [-0.2, -0.15) is 0 Å². The fraction of sp³-hybridized carbons (Fsp3) is 0.273. The number of rotatable bonds is 2. The number of aromatic hydroxyl groups is 1. The summed E-state index contributed by atoms with van der Waals surface area (Å²) >= 11 is 1.57. The lowest BCUT2D eigenvalue weighted by atomic mass is 10.1. The quantitative estimate of drug-likeness (QED) is 0.775. The van der Waals surface area contributed by atoms with Gasteiger partial charge in [0.25, 0.3) is 0 Å². The molecule has 1 aliphatic rings. The van der Waals surface area contributed by atoms with E-state index in [1.54, 1.807) is 36.0 Å². The zero-order valence-electron chi connectivity index (χ0n) is 8.30. The number of aldehydes is 1. The summed E-state index contributed by atoms with van der Waals surface area (Å²) in [6.07, 6.45) is 0.882. The van der Waals surface area contributed by atoms with Crippen molar-refractivity contribution in [2.45, 2.75) is 12.5 Å². The zero-order chi connectivity index (χ0) is 10.9. The van der Waals surface area contributed by atoms with Crippen molar-refractivity contribution in [1.82, 2.24) is 0 Å². The highest BCUT2D eigenvalue weighted by Gasteiger charge is 2.30. The highest BCUT2D eigenvalue weighted by Crippen LogP contribution is 2.29. The summed E-state index contributed by atoms with van der Waals surface area (Å²) in [5.41, 5.74) is 0.362. The summed E-state index contributed by atoms with van der Waals surface area (Å²) in [5.74, 6) is 0.924. The van der Waals surface area contributed by atoms with Gasteiger partial charge < -0.3 is 9.90 Å². The Labute approximate surface area is 92.2 Å². The Morgan fingerprint density at radius 1 is 1.47 bits per heavy atom. The van der Waals surface area contributed by atoms with Gasteiger partial charge in [-0.1, -0.05) is 0 Å². The van der Waals surface area contributed by atoms with E-state index in [0.717, 1.165) is 16.9 Å². The van der Waals surface area contributed by atoms with Gasteiger partial charge in [0.2, 0.25) is 0 Å². The summed E-state index contributed by atoms with van der Waals surface area (Å²) in [6.45, 7) is 1.82. The van der Waals surface area contributed by atoms with Crippen molar-refractivity contribution in [3.63, 3.8) is 0 Å². The van der Waals surface area contributed by atoms with Gasteiger partial charge in [0.05, 0.1) is 5.04 Å². The van der Waals surface area contributed by atoms with Crippen molar-refractivity contribution >= 4 is 23.1 Å². The van der Waals surface area contributed by atoms with E-state index < -0.39 is 5.54 Å². The predicted octanol–water partition coefficient (Wildman–Crippen LogP) is 1.84. The summed E-state index contributed by atoms with van der Waals surface area (Å²) in [4.78, 5) is 15.2. The van der Waals surface area contributed by atoms with Crippen molar-refractivity contribution in [3.05, 3.63) is 29.8 Å². The fourth-order valence-corrected chi connectivity index (χ4v) is 2.46. The van der Waals surface area contributed by atoms with Crippen LogP contribution in [0.2, 0.25) is 0 Å². The predicted molar refractivity (Wildman–Crippen MR) is 61.6 cm³/mol. The molecule has 0 fully saturated rings. The number of thioether (sulfide) groups is 1. The normalized spacial score (nSPS) is 25.0. The topological polar surface area (TPSA) is 49.7 Å². The number of hydrogen-bond acceptors (Lipinski definition) is 4. The van der Waals surface area contributed by atoms with E-state index in [1.165, 1.54) is 0 Å². The Kier molecular flexibility index (Phi) is 2.52. The molecule has 0 radical (unpaired) electrons. The van der Waals surface area contributed by atoms with Crippen LogP contribution < -0.4 is 0 Å². The van der Waals surface area contributed by atoms with Gasteiger partial charge in [0, 0.05) is 11.3 Å². The number of phenols is 1. The lowest BCUT2D eigenvalue weighted by molar-refractivity contribution is -0.110. The minimum Gasteiger partial charge on any atom is -0.508 e. The number of carbonyl (C=O) groups excluding carboxylic acids is 1. The largest absolute Gasteiger partial charge is 0.508 e. The van der Waals surface area contributed by atoms with Crippen molar-refractivity contribution in [2.75, 3.05) is 5.75 Å². The van der Waals surface area contributed by atoms with Gasteiger partial charge in [-0.15, -0.1) is 11.8 Å². The molecule has 1 aromatic rings. The summed E-state index contributed by atoms with van der Waals surface area (Å²) in [6, 6.07) is 6.85. The summed E-state index contributed by atoms with van der Waals surface area (Å²) in [5, 5.41) is 10.0. The second-order valence-electron chi connectivity index (χ2n) is 3.73. The third-order valence-corrected chi connectivity index (χ3v) is 3.56. The molecule has 0 bridgehead atoms. The minimum atomic E-state index is -0.585. The molecule has 0 saturated carbocycles. The molecule has 3 nitrogen and oxygen atoms in total. The number of carbonyl (C=O) groups is 1. The average molecular weight is 221 g/mol. The van der Waals surface area contributed by atoms with Crippen LogP contribution in [0.15, 0.2) is 29.3 Å². The fourth-order valence-electron chi connectivity index (χ4n) is 1.32. The van der Waals surface area contributed by atoms with Gasteiger partial charge in [-0.3, -0.25) is 4.99 Å². The Morgan fingerprint density at radius 3 is 2.67 bits per heavy atom. The molecule has 0 aromatic heterocycles. The smallest absolute Gasteiger partial charge is 0.148 e. The van der Waals surface area contributed by atoms with Crippen molar-refractivity contribution in [2.24, 2.45) is 4.99 Å². The Balaban J connectivity index is 2.30. The lowest BCUT2D eigenvalue weighted by Crippen LogP contribution is -2.23. The van der Waals surface area contributed by atoms with E-state index in [-0.39, 0.29) is 5.75 Å². The van der Waals surface area contributed by atoms with E-state index >= 15 is 0 Å². The first-order valence-corrected chi connectivity index (χ1v) is 5.60. The van der Waals surface area contributed by atoms with E-state index in [2.05, 4.69) is 4.99 Å². The van der Waals surface area contributed by atoms with E-state index in [9.17, 15) is 4.79 Å². The standard InChI is InChI=1S/C11H11NO2S/c1-11(6-13)7-15-10(12-11)8-2-4-9(14)5-3-8/h2-6,14H,7H2,1H3/t11-/m1/s1. The van der Waals surface area contributed by atoms with Crippen LogP contribution in [-0.4, -0.2) is 27.7 Å². The van der Waals surface area contributed by atoms with Crippen LogP contribution in [0, 0.1) is 0 Å². The van der Waals surface area contributed by atoms with Crippen LogP contribution in [0.5, 0.6) is 5.75 Å². The first kappa shape index (κ1) is 10.2. The second kappa shape index (κ2) is 3.70. The van der Waals surface area contributed by atoms with Crippen LogP contribution in [0.4, 0.5) is 0 Å². The summed E-state index contributed by atoms with van der Waals surface area (Å²) in [7, 11) is 0. The molecule has 2 rings (SSSR count). The van der Waals surface area contributed by atoms with Crippen molar-refractivity contribution in [3.8, 4) is 5.75 Å². The van der Waals surface area contributed by atoms with Crippen LogP contribution in [0.1, 0.15) is 12.5 Å². The van der Waals surface area contributed by atoms with Gasteiger partial charge in [0.15, 0.2) is 0 Å². The number of aliphatic imine (C=N–C) groups is 1. The van der Waals surface area contributed by atoms with Crippen LogP contribution in [0.25, 0.3) is 0 Å². The number of hydrogen-bond donors (Lipinski definition) is 1. The number of benzene rings is 1. The first-order chi connectivity index (χ1) is 7.13. The van der Waals surface area contributed by atoms with Crippen molar-refractivity contribution < 1.29 is 9.90 Å². The Hall–Kier alpha value is -1.29. The molecule has 1 aliphatic heterocycles. The highest BCUT2D eigenvalue weighted by atomic mass is 32.2. The minimum absolute atomic E-state index is 0.237. The molecule has 15 heavy (non-hydrogen) atoms. The maximum atomic E-state index is 10.8. The molecule has 4 heteroatoms. The van der Waals surface area contributed by atoms with Gasteiger partial charge in [-0.25, -0.2) is 0 Å². The van der Waals surface area contributed by atoms with Crippen LogP contribution in [-0.2, 0) is 4.79 Å². The monoisotopic (exact) mass is 221 g/mol. The number of phenolic OH excluding ortho intramolecular Hbond substituents is 1. The zero-order valence-corrected chi connectivity index (χ0v) is 9.12. The van der Waals surface area contributed by atoms with Crippen molar-refractivity contribution in [1.29, 1.82) is 0 Å². The van der Waals surface area contributed by atoms with Crippen LogP contribution in [0.3, 0.4) is 0 Å². The van der Waals surface area contributed by atoms with E-state index in [0.29, 0.717) is 5.75 Å². The third-order valence-electron chi connectivity index (χ3n) is 2.23. The number of nitrogens with zero attached hydrogens (tertiary/aromatic N) is 1. The van der Waals surface area contributed by atoms with E-state index in [1.807, 2.05) is 6.92 Å². The molecular weight excluding hydrogens is 210 g/mol. The Bertz CT molecular complexity index is 413. The van der Waals surface area contributed by atoms with Gasteiger partial charge in [0.1, 0.15) is 17.6 Å².